The molecule has 1 unspecified atom stereocenters. The Hall–Kier alpha value is -3.05. The highest BCUT2D eigenvalue weighted by atomic mass is 32.2. The molecule has 3 aromatic carbocycles. The van der Waals surface area contributed by atoms with Crippen molar-refractivity contribution in [1.82, 2.24) is 10.2 Å². The largest absolute Gasteiger partial charge is 0.348 e. The first-order chi connectivity index (χ1) is 14.6. The molecule has 0 aliphatic carbocycles. The van der Waals surface area contributed by atoms with Crippen LogP contribution in [-0.2, 0) is 17.9 Å². The Morgan fingerprint density at radius 3 is 2.47 bits per heavy atom. The summed E-state index contributed by atoms with van der Waals surface area (Å²) in [5.41, 5.74) is 5.03. The van der Waals surface area contributed by atoms with E-state index in [9.17, 15) is 9.59 Å². The highest BCUT2D eigenvalue weighted by Gasteiger charge is 2.32. The van der Waals surface area contributed by atoms with Crippen LogP contribution < -0.4 is 5.32 Å². The molecule has 0 radical (unpaired) electrons. The van der Waals surface area contributed by atoms with Gasteiger partial charge in [0, 0.05) is 18.7 Å². The second-order valence-electron chi connectivity index (χ2n) is 7.46. The summed E-state index contributed by atoms with van der Waals surface area (Å²) in [4.78, 5) is 26.8. The summed E-state index contributed by atoms with van der Waals surface area (Å²) in [6, 6.07) is 25.7. The molecular formula is C25H24N2O2S. The van der Waals surface area contributed by atoms with Crippen LogP contribution in [0.4, 0.5) is 0 Å². The lowest BCUT2D eigenvalue weighted by Gasteiger charge is -2.24. The van der Waals surface area contributed by atoms with E-state index in [4.69, 9.17) is 0 Å². The highest BCUT2D eigenvalue weighted by molar-refractivity contribution is 8.00. The number of rotatable bonds is 6. The van der Waals surface area contributed by atoms with Gasteiger partial charge in [-0.1, -0.05) is 72.3 Å². The number of hydrogen-bond acceptors (Lipinski definition) is 3. The Bertz CT molecular complexity index is 1030. The topological polar surface area (TPSA) is 49.4 Å². The van der Waals surface area contributed by atoms with Gasteiger partial charge < -0.3 is 10.2 Å². The van der Waals surface area contributed by atoms with E-state index in [1.807, 2.05) is 84.6 Å². The molecule has 1 atom stereocenters. The molecule has 152 valence electrons. The normalized spacial score (nSPS) is 16.0. The van der Waals surface area contributed by atoms with Gasteiger partial charge in [-0.25, -0.2) is 0 Å². The van der Waals surface area contributed by atoms with Crippen molar-refractivity contribution in [1.29, 1.82) is 0 Å². The number of thioether (sulfide) groups is 1. The third kappa shape index (κ3) is 4.74. The predicted octanol–water partition coefficient (Wildman–Crippen LogP) is 4.70. The van der Waals surface area contributed by atoms with Crippen LogP contribution in [0.1, 0.15) is 38.0 Å². The van der Waals surface area contributed by atoms with Crippen molar-refractivity contribution in [2.75, 3.05) is 5.75 Å². The minimum absolute atomic E-state index is 0.0258. The predicted molar refractivity (Wildman–Crippen MR) is 121 cm³/mol. The Balaban J connectivity index is 1.42. The van der Waals surface area contributed by atoms with Gasteiger partial charge in [0.05, 0.1) is 5.75 Å². The maximum atomic E-state index is 12.5. The minimum Gasteiger partial charge on any atom is -0.348 e. The standard InChI is InChI=1S/C25H24N2O2S/c1-18-6-5-9-20(14-18)15-26-24(29)21-10-12-22(13-11-21)25-27(23(28)17-30-25)16-19-7-3-2-4-8-19/h2-14,25H,15-17H2,1H3,(H,26,29). The van der Waals surface area contributed by atoms with Crippen LogP contribution in [0.15, 0.2) is 78.9 Å². The third-order valence-electron chi connectivity index (χ3n) is 5.16. The minimum atomic E-state index is -0.0978. The van der Waals surface area contributed by atoms with Gasteiger partial charge in [0.2, 0.25) is 5.91 Å². The summed E-state index contributed by atoms with van der Waals surface area (Å²) in [5.74, 6) is 0.532. The fourth-order valence-electron chi connectivity index (χ4n) is 3.59. The molecule has 4 nitrogen and oxygen atoms in total. The monoisotopic (exact) mass is 416 g/mol. The van der Waals surface area contributed by atoms with Crippen LogP contribution in [-0.4, -0.2) is 22.5 Å². The molecule has 4 rings (SSSR count). The zero-order chi connectivity index (χ0) is 20.9. The van der Waals surface area contributed by atoms with E-state index >= 15 is 0 Å². The highest BCUT2D eigenvalue weighted by Crippen LogP contribution is 2.39. The summed E-state index contributed by atoms with van der Waals surface area (Å²) in [6.07, 6.45) is 0. The summed E-state index contributed by atoms with van der Waals surface area (Å²) in [6.45, 7) is 3.13. The van der Waals surface area contributed by atoms with Gasteiger partial charge in [0.15, 0.2) is 0 Å². The van der Waals surface area contributed by atoms with Crippen molar-refractivity contribution >= 4 is 23.6 Å². The molecular weight excluding hydrogens is 392 g/mol. The second-order valence-corrected chi connectivity index (χ2v) is 8.53. The number of aryl methyl sites for hydroxylation is 1. The lowest BCUT2D eigenvalue weighted by Crippen LogP contribution is -2.27. The Kier molecular flexibility index (Phi) is 6.19. The van der Waals surface area contributed by atoms with E-state index in [1.165, 1.54) is 5.56 Å². The maximum absolute atomic E-state index is 12.5. The molecule has 1 saturated heterocycles. The van der Waals surface area contributed by atoms with Crippen LogP contribution in [0.3, 0.4) is 0 Å². The van der Waals surface area contributed by atoms with E-state index in [0.29, 0.717) is 24.4 Å². The van der Waals surface area contributed by atoms with Crippen LogP contribution >= 0.6 is 11.8 Å². The molecule has 0 saturated carbocycles. The molecule has 1 heterocycles. The number of hydrogen-bond donors (Lipinski definition) is 1. The molecule has 1 N–H and O–H groups in total. The van der Waals surface area contributed by atoms with E-state index < -0.39 is 0 Å². The van der Waals surface area contributed by atoms with Gasteiger partial charge in [-0.3, -0.25) is 9.59 Å². The van der Waals surface area contributed by atoms with Crippen molar-refractivity contribution in [3.8, 4) is 0 Å². The number of carbonyl (C=O) groups is 2. The second kappa shape index (κ2) is 9.18. The van der Waals surface area contributed by atoms with E-state index in [2.05, 4.69) is 11.4 Å². The van der Waals surface area contributed by atoms with E-state index in [1.54, 1.807) is 11.8 Å². The molecule has 30 heavy (non-hydrogen) atoms. The number of nitrogens with one attached hydrogen (secondary N) is 1. The van der Waals surface area contributed by atoms with Crippen LogP contribution in [0, 0.1) is 6.92 Å². The number of benzene rings is 3. The molecule has 5 heteroatoms. The van der Waals surface area contributed by atoms with Gasteiger partial charge >= 0.3 is 0 Å². The zero-order valence-corrected chi connectivity index (χ0v) is 17.7. The van der Waals surface area contributed by atoms with E-state index in [-0.39, 0.29) is 17.2 Å². The first-order valence-electron chi connectivity index (χ1n) is 9.99. The van der Waals surface area contributed by atoms with Gasteiger partial charge in [-0.05, 0) is 35.7 Å². The molecule has 1 fully saturated rings. The summed E-state index contributed by atoms with van der Waals surface area (Å²) in [5, 5.41) is 2.95. The number of carbonyl (C=O) groups excluding carboxylic acids is 2. The Morgan fingerprint density at radius 2 is 1.73 bits per heavy atom. The lowest BCUT2D eigenvalue weighted by atomic mass is 10.1. The van der Waals surface area contributed by atoms with Gasteiger partial charge in [0.1, 0.15) is 5.37 Å². The molecule has 0 bridgehead atoms. The molecule has 3 aromatic rings. The first kappa shape index (κ1) is 20.2. The van der Waals surface area contributed by atoms with Crippen molar-refractivity contribution in [3.05, 3.63) is 107 Å². The SMILES string of the molecule is Cc1cccc(CNC(=O)c2ccc(C3SCC(=O)N3Cc3ccccc3)cc2)c1. The Labute approximate surface area is 181 Å². The van der Waals surface area contributed by atoms with Crippen LogP contribution in [0.5, 0.6) is 0 Å². The van der Waals surface area contributed by atoms with Crippen LogP contribution in [0.2, 0.25) is 0 Å². The third-order valence-corrected chi connectivity index (χ3v) is 6.41. The zero-order valence-electron chi connectivity index (χ0n) is 16.9. The van der Waals surface area contributed by atoms with Crippen molar-refractivity contribution in [2.24, 2.45) is 0 Å². The van der Waals surface area contributed by atoms with Crippen LogP contribution in [0.25, 0.3) is 0 Å². The van der Waals surface area contributed by atoms with Crippen molar-refractivity contribution in [2.45, 2.75) is 25.4 Å². The van der Waals surface area contributed by atoms with Gasteiger partial charge in [-0.15, -0.1) is 11.8 Å². The number of nitrogens with zero attached hydrogens (tertiary/aromatic N) is 1. The average Bonchev–Trinajstić information content (AvgIpc) is 3.13. The first-order valence-corrected chi connectivity index (χ1v) is 11.0. The number of amides is 2. The molecule has 1 aliphatic heterocycles. The lowest BCUT2D eigenvalue weighted by molar-refractivity contribution is -0.128. The molecule has 2 amide bonds. The molecule has 0 aromatic heterocycles. The quantitative estimate of drug-likeness (QED) is 0.634. The van der Waals surface area contributed by atoms with Crippen molar-refractivity contribution in [3.63, 3.8) is 0 Å². The molecule has 0 spiro atoms. The molecule has 1 aliphatic rings. The van der Waals surface area contributed by atoms with Gasteiger partial charge in [-0.2, -0.15) is 0 Å². The summed E-state index contributed by atoms with van der Waals surface area (Å²) >= 11 is 1.63. The maximum Gasteiger partial charge on any atom is 0.251 e. The average molecular weight is 417 g/mol. The van der Waals surface area contributed by atoms with Crippen molar-refractivity contribution < 1.29 is 9.59 Å². The summed E-state index contributed by atoms with van der Waals surface area (Å²) in [7, 11) is 0. The van der Waals surface area contributed by atoms with E-state index in [0.717, 1.165) is 16.7 Å². The fraction of sp³-hybridized carbons (Fsp3) is 0.200. The van der Waals surface area contributed by atoms with Gasteiger partial charge in [0.25, 0.3) is 5.91 Å². The summed E-state index contributed by atoms with van der Waals surface area (Å²) < 4.78 is 0. The Morgan fingerprint density at radius 1 is 1.00 bits per heavy atom. The smallest absolute Gasteiger partial charge is 0.251 e. The fourth-order valence-corrected chi connectivity index (χ4v) is 4.77.